The van der Waals surface area contributed by atoms with Crippen LogP contribution in [0.4, 0.5) is 0 Å². The largest absolute Gasteiger partial charge is 0.283 e. The number of benzene rings is 2. The number of unbranched alkanes of at least 4 members (excludes halogenated alkanes) is 3. The summed E-state index contributed by atoms with van der Waals surface area (Å²) in [5.41, 5.74) is 4.10. The van der Waals surface area contributed by atoms with E-state index in [9.17, 15) is 4.79 Å². The van der Waals surface area contributed by atoms with Gasteiger partial charge in [-0.15, -0.1) is 10.1 Å². The maximum atomic E-state index is 12.1. The van der Waals surface area contributed by atoms with Crippen LogP contribution in [-0.2, 0) is 4.79 Å². The molecule has 3 rings (SSSR count). The first-order valence-corrected chi connectivity index (χ1v) is 8.67. The molecule has 3 nitrogen and oxygen atoms in total. The summed E-state index contributed by atoms with van der Waals surface area (Å²) in [6.07, 6.45) is 7.91. The van der Waals surface area contributed by atoms with Gasteiger partial charge in [0.15, 0.2) is 6.54 Å². The Hall–Kier alpha value is -2.16. The van der Waals surface area contributed by atoms with E-state index in [0.717, 1.165) is 24.9 Å². The smallest absolute Gasteiger partial charge is 0.269 e. The number of rotatable bonds is 6. The number of hydrazone groups is 1. The van der Waals surface area contributed by atoms with E-state index < -0.39 is 0 Å². The van der Waals surface area contributed by atoms with Crippen LogP contribution in [0.5, 0.6) is 0 Å². The monoisotopic (exact) mass is 309 g/mol. The summed E-state index contributed by atoms with van der Waals surface area (Å²) in [6.45, 7) is 2.99. The molecule has 0 radical (unpaired) electrons. The molecular weight excluding hydrogens is 284 g/mol. The summed E-state index contributed by atoms with van der Waals surface area (Å²) < 4.78 is 1.94. The Morgan fingerprint density at radius 2 is 1.96 bits per heavy atom. The fraction of sp³-hybridized carbons (Fsp3) is 0.400. The Morgan fingerprint density at radius 1 is 1.13 bits per heavy atom. The third-order valence-electron chi connectivity index (χ3n) is 4.53. The topological polar surface area (TPSA) is 32.1 Å². The van der Waals surface area contributed by atoms with E-state index in [0.29, 0.717) is 0 Å². The van der Waals surface area contributed by atoms with Crippen molar-refractivity contribution >= 4 is 22.9 Å². The molecule has 1 aliphatic rings. The lowest BCUT2D eigenvalue weighted by Gasteiger charge is -2.01. The van der Waals surface area contributed by atoms with Crippen molar-refractivity contribution in [1.29, 1.82) is 0 Å². The van der Waals surface area contributed by atoms with Crippen molar-refractivity contribution in [3.63, 3.8) is 0 Å². The van der Waals surface area contributed by atoms with Crippen molar-refractivity contribution in [3.05, 3.63) is 48.0 Å². The Morgan fingerprint density at radius 3 is 2.78 bits per heavy atom. The second kappa shape index (κ2) is 7.40. The highest BCUT2D eigenvalue weighted by Gasteiger charge is 2.33. The van der Waals surface area contributed by atoms with Crippen LogP contribution in [0, 0.1) is 5.92 Å². The van der Waals surface area contributed by atoms with Crippen LogP contribution in [0.25, 0.3) is 10.8 Å². The predicted octanol–water partition coefficient (Wildman–Crippen LogP) is 3.90. The number of nitrogens with zero attached hydrogens (tertiary/aromatic N) is 1. The van der Waals surface area contributed by atoms with Gasteiger partial charge in [0, 0.05) is 5.56 Å². The molecule has 1 heterocycles. The summed E-state index contributed by atoms with van der Waals surface area (Å²) in [5, 5.41) is 2.46. The van der Waals surface area contributed by atoms with Gasteiger partial charge in [-0.25, -0.2) is 0 Å². The molecule has 1 aliphatic heterocycles. The third-order valence-corrected chi connectivity index (χ3v) is 4.53. The van der Waals surface area contributed by atoms with E-state index in [-0.39, 0.29) is 11.8 Å². The normalized spacial score (nSPS) is 19.4. The van der Waals surface area contributed by atoms with Gasteiger partial charge in [-0.05, 0) is 29.3 Å². The molecule has 3 heteroatoms. The van der Waals surface area contributed by atoms with E-state index >= 15 is 0 Å². The van der Waals surface area contributed by atoms with Crippen molar-refractivity contribution in [3.8, 4) is 0 Å². The summed E-state index contributed by atoms with van der Waals surface area (Å²) in [4.78, 5) is 12.1. The molecule has 0 spiro atoms. The first-order chi connectivity index (χ1) is 11.3. The van der Waals surface area contributed by atoms with Gasteiger partial charge in [-0.3, -0.25) is 4.79 Å². The van der Waals surface area contributed by atoms with E-state index in [1.54, 1.807) is 0 Å². The highest BCUT2D eigenvalue weighted by molar-refractivity contribution is 5.89. The van der Waals surface area contributed by atoms with Gasteiger partial charge in [0.2, 0.25) is 6.21 Å². The second-order valence-corrected chi connectivity index (χ2v) is 6.41. The number of carbonyl (C=O) groups excluding carboxylic acids is 1. The quantitative estimate of drug-likeness (QED) is 0.637. The molecule has 2 aromatic carbocycles. The van der Waals surface area contributed by atoms with Crippen LogP contribution in [0.3, 0.4) is 0 Å². The molecular formula is C20H25N2O+. The molecule has 1 atom stereocenters. The SMILES string of the molecule is CCCCCC[C@H]1C/[N+](=C/c2ccc3ccccc3c2)NC1=O. The Bertz CT molecular complexity index is 720. The molecule has 0 saturated carbocycles. The van der Waals surface area contributed by atoms with Crippen LogP contribution >= 0.6 is 0 Å². The summed E-state index contributed by atoms with van der Waals surface area (Å²) >= 11 is 0. The van der Waals surface area contributed by atoms with Gasteiger partial charge in [-0.2, -0.15) is 0 Å². The molecule has 1 fully saturated rings. The zero-order valence-corrected chi connectivity index (χ0v) is 13.8. The molecule has 23 heavy (non-hydrogen) atoms. The Labute approximate surface area is 138 Å². The van der Waals surface area contributed by atoms with Crippen LogP contribution in [0.1, 0.15) is 44.6 Å². The third kappa shape index (κ3) is 3.98. The number of carbonyl (C=O) groups is 1. The Kier molecular flexibility index (Phi) is 5.06. The fourth-order valence-electron chi connectivity index (χ4n) is 3.19. The molecule has 1 amide bonds. The summed E-state index contributed by atoms with van der Waals surface area (Å²) in [7, 11) is 0. The van der Waals surface area contributed by atoms with Crippen molar-refractivity contribution < 1.29 is 9.48 Å². The van der Waals surface area contributed by atoms with Crippen molar-refractivity contribution in [2.24, 2.45) is 5.92 Å². The van der Waals surface area contributed by atoms with Crippen LogP contribution in [-0.4, -0.2) is 23.4 Å². The zero-order valence-electron chi connectivity index (χ0n) is 13.8. The average Bonchev–Trinajstić information content (AvgIpc) is 2.91. The van der Waals surface area contributed by atoms with Crippen molar-refractivity contribution in [2.45, 2.75) is 39.0 Å². The molecule has 2 aromatic rings. The number of nitrogens with one attached hydrogen (secondary N) is 1. The van der Waals surface area contributed by atoms with Crippen LogP contribution in [0.2, 0.25) is 0 Å². The van der Waals surface area contributed by atoms with Gasteiger partial charge in [-0.1, -0.05) is 62.9 Å². The summed E-state index contributed by atoms with van der Waals surface area (Å²) in [5.74, 6) is 0.294. The van der Waals surface area contributed by atoms with E-state index in [2.05, 4.69) is 54.8 Å². The lowest BCUT2D eigenvalue weighted by atomic mass is 10.0. The molecule has 0 unspecified atom stereocenters. The van der Waals surface area contributed by atoms with Crippen LogP contribution < -0.4 is 5.43 Å². The highest BCUT2D eigenvalue weighted by Crippen LogP contribution is 2.17. The lowest BCUT2D eigenvalue weighted by Crippen LogP contribution is -2.25. The Balaban J connectivity index is 1.66. The molecule has 1 N–H and O–H groups in total. The second-order valence-electron chi connectivity index (χ2n) is 6.41. The van der Waals surface area contributed by atoms with Gasteiger partial charge in [0.25, 0.3) is 5.91 Å². The molecule has 1 saturated heterocycles. The van der Waals surface area contributed by atoms with Gasteiger partial charge < -0.3 is 0 Å². The minimum absolute atomic E-state index is 0.128. The number of hydrogen-bond donors (Lipinski definition) is 1. The first kappa shape index (κ1) is 15.7. The number of hydrazine groups is 1. The van der Waals surface area contributed by atoms with Crippen LogP contribution in [0.15, 0.2) is 42.5 Å². The minimum atomic E-state index is 0.128. The van der Waals surface area contributed by atoms with E-state index in [1.807, 2.05) is 10.9 Å². The van der Waals surface area contributed by atoms with E-state index in [4.69, 9.17) is 0 Å². The number of fused-ring (bicyclic) bond motifs is 1. The standard InChI is InChI=1S/C20H24N2O/c1-2-3-4-5-10-19-15-22(21-20(19)23)14-16-11-12-17-8-6-7-9-18(17)13-16/h6-9,11-14,19H,2-5,10,15H2,1H3/p+1/b22-14-/t19-/m0/s1. The van der Waals surface area contributed by atoms with Gasteiger partial charge in [0.05, 0.1) is 0 Å². The van der Waals surface area contributed by atoms with Gasteiger partial charge >= 0.3 is 0 Å². The number of hydrogen-bond acceptors (Lipinski definition) is 1. The highest BCUT2D eigenvalue weighted by atomic mass is 16.2. The predicted molar refractivity (Wildman–Crippen MR) is 94.6 cm³/mol. The molecule has 0 aromatic heterocycles. The zero-order chi connectivity index (χ0) is 16.1. The van der Waals surface area contributed by atoms with Crippen molar-refractivity contribution in [1.82, 2.24) is 5.43 Å². The van der Waals surface area contributed by atoms with E-state index in [1.165, 1.54) is 30.0 Å². The molecule has 0 aliphatic carbocycles. The first-order valence-electron chi connectivity index (χ1n) is 8.67. The van der Waals surface area contributed by atoms with Gasteiger partial charge in [0.1, 0.15) is 5.92 Å². The maximum absolute atomic E-state index is 12.1. The fourth-order valence-corrected chi connectivity index (χ4v) is 3.19. The minimum Gasteiger partial charge on any atom is -0.269 e. The maximum Gasteiger partial charge on any atom is 0.283 e. The van der Waals surface area contributed by atoms with Crippen molar-refractivity contribution in [2.75, 3.05) is 6.54 Å². The summed E-state index contributed by atoms with van der Waals surface area (Å²) in [6, 6.07) is 14.7. The molecule has 120 valence electrons. The average molecular weight is 309 g/mol. The molecule has 0 bridgehead atoms. The number of amides is 1. The lowest BCUT2D eigenvalue weighted by molar-refractivity contribution is -0.556.